The van der Waals surface area contributed by atoms with Crippen LogP contribution in [0.25, 0.3) is 27.5 Å². The molecule has 4 heteroatoms. The van der Waals surface area contributed by atoms with E-state index in [1.54, 1.807) is 12.1 Å². The Labute approximate surface area is 197 Å². The largest absolute Gasteiger partial charge is 0.309 e. The highest BCUT2D eigenvalue weighted by Crippen LogP contribution is 2.44. The number of benzene rings is 5. The van der Waals surface area contributed by atoms with E-state index < -0.39 is 7.14 Å². The molecule has 0 saturated heterocycles. The molecule has 1 heterocycles. The van der Waals surface area contributed by atoms with Gasteiger partial charge in [-0.3, -0.25) is 0 Å². The molecule has 164 valence electrons. The Kier molecular flexibility index (Phi) is 4.94. The molecule has 0 saturated carbocycles. The summed E-state index contributed by atoms with van der Waals surface area (Å²) in [5.74, 6) is -0.265. The summed E-state index contributed by atoms with van der Waals surface area (Å²) in [5, 5.41) is 4.49. The minimum atomic E-state index is -3.09. The molecule has 0 spiro atoms. The van der Waals surface area contributed by atoms with Crippen LogP contribution in [0, 0.1) is 5.82 Å². The Bertz CT molecular complexity index is 1630. The van der Waals surface area contributed by atoms with Crippen LogP contribution >= 0.6 is 7.14 Å². The topological polar surface area (TPSA) is 22.0 Å². The van der Waals surface area contributed by atoms with Crippen LogP contribution in [0.4, 0.5) is 4.39 Å². The lowest BCUT2D eigenvalue weighted by Crippen LogP contribution is -2.24. The number of hydrogen-bond acceptors (Lipinski definition) is 1. The first kappa shape index (κ1) is 20.7. The lowest BCUT2D eigenvalue weighted by molar-refractivity contribution is 0.592. The minimum Gasteiger partial charge on any atom is -0.309 e. The van der Waals surface area contributed by atoms with Gasteiger partial charge in [0, 0.05) is 32.4 Å². The number of para-hydroxylation sites is 1. The van der Waals surface area contributed by atoms with Gasteiger partial charge in [0.1, 0.15) is 5.82 Å². The van der Waals surface area contributed by atoms with Gasteiger partial charge in [-0.15, -0.1) is 0 Å². The van der Waals surface area contributed by atoms with Gasteiger partial charge in [-0.1, -0.05) is 78.9 Å². The summed E-state index contributed by atoms with van der Waals surface area (Å²) in [6, 6.07) is 40.2. The maximum atomic E-state index is 14.9. The van der Waals surface area contributed by atoms with Crippen molar-refractivity contribution in [2.45, 2.75) is 0 Å². The molecule has 0 N–H and O–H groups in total. The zero-order valence-corrected chi connectivity index (χ0v) is 19.2. The zero-order valence-electron chi connectivity index (χ0n) is 18.3. The third-order valence-electron chi connectivity index (χ3n) is 6.34. The summed E-state index contributed by atoms with van der Waals surface area (Å²) in [4.78, 5) is 0. The molecule has 0 aliphatic heterocycles. The second-order valence-electron chi connectivity index (χ2n) is 8.31. The molecule has 0 bridgehead atoms. The van der Waals surface area contributed by atoms with Crippen molar-refractivity contribution in [3.05, 3.63) is 133 Å². The van der Waals surface area contributed by atoms with E-state index in [2.05, 4.69) is 22.8 Å². The van der Waals surface area contributed by atoms with Crippen LogP contribution in [-0.4, -0.2) is 4.57 Å². The predicted molar refractivity (Wildman–Crippen MR) is 140 cm³/mol. The van der Waals surface area contributed by atoms with Gasteiger partial charge in [0.15, 0.2) is 7.14 Å². The molecule has 2 nitrogen and oxygen atoms in total. The van der Waals surface area contributed by atoms with Crippen molar-refractivity contribution in [2.75, 3.05) is 0 Å². The van der Waals surface area contributed by atoms with Crippen molar-refractivity contribution in [3.63, 3.8) is 0 Å². The van der Waals surface area contributed by atoms with Crippen molar-refractivity contribution >= 4 is 44.9 Å². The van der Waals surface area contributed by atoms with Crippen LogP contribution in [0.1, 0.15) is 0 Å². The van der Waals surface area contributed by atoms with Crippen molar-refractivity contribution in [1.82, 2.24) is 4.57 Å². The first-order valence-corrected chi connectivity index (χ1v) is 12.9. The van der Waals surface area contributed by atoms with E-state index >= 15 is 0 Å². The van der Waals surface area contributed by atoms with E-state index in [-0.39, 0.29) is 5.82 Å². The van der Waals surface area contributed by atoms with Gasteiger partial charge >= 0.3 is 0 Å². The molecule has 0 atom stereocenters. The highest BCUT2D eigenvalue weighted by atomic mass is 31.2. The molecule has 0 aliphatic carbocycles. The molecule has 0 unspecified atom stereocenters. The number of rotatable bonds is 4. The molecule has 0 fully saturated rings. The number of fused-ring (bicyclic) bond motifs is 3. The summed E-state index contributed by atoms with van der Waals surface area (Å²) in [6.07, 6.45) is 0. The van der Waals surface area contributed by atoms with E-state index in [1.165, 1.54) is 12.1 Å². The van der Waals surface area contributed by atoms with E-state index in [0.29, 0.717) is 0 Å². The molecule has 6 aromatic rings. The monoisotopic (exact) mass is 461 g/mol. The van der Waals surface area contributed by atoms with Gasteiger partial charge < -0.3 is 9.13 Å². The maximum absolute atomic E-state index is 14.9. The quantitative estimate of drug-likeness (QED) is 0.273. The molecular formula is C30H21FNOP. The lowest BCUT2D eigenvalue weighted by atomic mass is 10.1. The summed E-state index contributed by atoms with van der Waals surface area (Å²) in [6.45, 7) is 0. The highest BCUT2D eigenvalue weighted by molar-refractivity contribution is 7.85. The molecule has 34 heavy (non-hydrogen) atoms. The van der Waals surface area contributed by atoms with Crippen LogP contribution in [0.5, 0.6) is 0 Å². The zero-order chi connectivity index (χ0) is 23.1. The minimum absolute atomic E-state index is 0.265. The van der Waals surface area contributed by atoms with Crippen molar-refractivity contribution in [2.24, 2.45) is 0 Å². The molecule has 0 amide bonds. The molecule has 5 aromatic carbocycles. The number of halogens is 1. The standard InChI is InChI=1S/C30H21FNOP/c31-22-15-17-23(18-16-22)32-29-14-8-7-13-27(29)28-21-26(19-20-30(28)32)34(33,24-9-3-1-4-10-24)25-11-5-2-6-12-25/h1-21H. The fourth-order valence-corrected chi connectivity index (χ4v) is 7.42. The second kappa shape index (κ2) is 8.13. The van der Waals surface area contributed by atoms with Gasteiger partial charge in [0.25, 0.3) is 0 Å². The van der Waals surface area contributed by atoms with Crippen LogP contribution in [-0.2, 0) is 4.57 Å². The molecule has 6 rings (SSSR count). The average molecular weight is 461 g/mol. The third-order valence-corrected chi connectivity index (χ3v) is 9.40. The van der Waals surface area contributed by atoms with Crippen molar-refractivity contribution < 1.29 is 8.96 Å². The average Bonchev–Trinajstić information content (AvgIpc) is 3.23. The van der Waals surface area contributed by atoms with Crippen LogP contribution in [0.3, 0.4) is 0 Å². The van der Waals surface area contributed by atoms with Gasteiger partial charge in [-0.25, -0.2) is 4.39 Å². The lowest BCUT2D eigenvalue weighted by Gasteiger charge is -2.20. The molecule has 0 radical (unpaired) electrons. The smallest absolute Gasteiger partial charge is 0.171 e. The third kappa shape index (κ3) is 3.21. The summed E-state index contributed by atoms with van der Waals surface area (Å²) in [5.41, 5.74) is 2.90. The Morgan fingerprint density at radius 1 is 0.529 bits per heavy atom. The Hall–Kier alpha value is -3.94. The number of hydrogen-bond donors (Lipinski definition) is 0. The van der Waals surface area contributed by atoms with E-state index in [9.17, 15) is 8.96 Å². The van der Waals surface area contributed by atoms with Crippen LogP contribution < -0.4 is 15.9 Å². The second-order valence-corrected chi connectivity index (χ2v) is 11.1. The van der Waals surface area contributed by atoms with E-state index in [1.807, 2.05) is 84.9 Å². The summed E-state index contributed by atoms with van der Waals surface area (Å²) in [7, 11) is -3.09. The SMILES string of the molecule is O=P(c1ccccc1)(c1ccccc1)c1ccc2c(c1)c1ccccc1n2-c1ccc(F)cc1. The molecule has 0 aliphatic rings. The van der Waals surface area contributed by atoms with Gasteiger partial charge in [0.2, 0.25) is 0 Å². The highest BCUT2D eigenvalue weighted by Gasteiger charge is 2.30. The van der Waals surface area contributed by atoms with Gasteiger partial charge in [-0.05, 0) is 48.5 Å². The van der Waals surface area contributed by atoms with Crippen molar-refractivity contribution in [3.8, 4) is 5.69 Å². The Balaban J connectivity index is 1.66. The normalized spacial score (nSPS) is 11.8. The van der Waals surface area contributed by atoms with E-state index in [0.717, 1.165) is 43.4 Å². The fourth-order valence-electron chi connectivity index (χ4n) is 4.75. The summed E-state index contributed by atoms with van der Waals surface area (Å²) >= 11 is 0. The molecule has 1 aromatic heterocycles. The fraction of sp³-hybridized carbons (Fsp3) is 0. The first-order chi connectivity index (χ1) is 16.7. The van der Waals surface area contributed by atoms with Crippen LogP contribution in [0.2, 0.25) is 0 Å². The van der Waals surface area contributed by atoms with E-state index in [4.69, 9.17) is 0 Å². The van der Waals surface area contributed by atoms with Gasteiger partial charge in [-0.2, -0.15) is 0 Å². The van der Waals surface area contributed by atoms with Crippen molar-refractivity contribution in [1.29, 1.82) is 0 Å². The predicted octanol–water partition coefficient (Wildman–Crippen LogP) is 6.56. The Morgan fingerprint density at radius 3 is 1.74 bits per heavy atom. The van der Waals surface area contributed by atoms with Gasteiger partial charge in [0.05, 0.1) is 11.0 Å². The molecular weight excluding hydrogens is 440 g/mol. The maximum Gasteiger partial charge on any atom is 0.171 e. The number of nitrogens with zero attached hydrogens (tertiary/aromatic N) is 1. The summed E-state index contributed by atoms with van der Waals surface area (Å²) < 4.78 is 30.6. The van der Waals surface area contributed by atoms with Crippen LogP contribution in [0.15, 0.2) is 127 Å². The Morgan fingerprint density at radius 2 is 1.09 bits per heavy atom. The first-order valence-electron chi connectivity index (χ1n) is 11.2. The number of aromatic nitrogens is 1.